The van der Waals surface area contributed by atoms with Gasteiger partial charge in [-0.2, -0.15) is 0 Å². The molecule has 0 unspecified atom stereocenters. The van der Waals surface area contributed by atoms with Crippen LogP contribution in [0.25, 0.3) is 0 Å². The molecule has 0 heterocycles. The third-order valence-electron chi connectivity index (χ3n) is 4.10. The number of hydrogen-bond acceptors (Lipinski definition) is 6. The summed E-state index contributed by atoms with van der Waals surface area (Å²) in [5.41, 5.74) is 0.839. The number of hydrogen-bond donors (Lipinski definition) is 3. The largest absolute Gasteiger partial charge is 0.467 e. The Morgan fingerprint density at radius 3 is 2.44 bits per heavy atom. The number of aliphatic hydroxyl groups excluding tert-OH is 1. The molecule has 1 rings (SSSR count). The summed E-state index contributed by atoms with van der Waals surface area (Å²) in [7, 11) is 1.25. The van der Waals surface area contributed by atoms with Crippen LogP contribution in [0.3, 0.4) is 0 Å². The normalized spacial score (nSPS) is 13.8. The quantitative estimate of drug-likeness (QED) is 0.528. The number of alkyl carbamates (subject to hydrolysis) is 1. The fourth-order valence-electron chi connectivity index (χ4n) is 2.29. The van der Waals surface area contributed by atoms with Crippen LogP contribution >= 0.6 is 0 Å². The standard InChI is InChI=1S/C19H28N2O6/c1-4-13(2)17(18(24)26-3)21-16(23)10-15(22)11-20-19(25)27-12-14-8-6-5-7-9-14/h5-9,13,15,17,22H,4,10-12H2,1-3H3,(H,20,25)(H,21,23)/t13-,15+,17-/m1/s1. The Labute approximate surface area is 159 Å². The van der Waals surface area contributed by atoms with Crippen molar-refractivity contribution in [3.05, 3.63) is 35.9 Å². The van der Waals surface area contributed by atoms with E-state index >= 15 is 0 Å². The van der Waals surface area contributed by atoms with E-state index in [0.29, 0.717) is 6.42 Å². The van der Waals surface area contributed by atoms with Crippen molar-refractivity contribution >= 4 is 18.0 Å². The van der Waals surface area contributed by atoms with Gasteiger partial charge in [-0.3, -0.25) is 4.79 Å². The molecule has 0 radical (unpaired) electrons. The molecule has 0 saturated heterocycles. The van der Waals surface area contributed by atoms with Crippen LogP contribution in [0.5, 0.6) is 0 Å². The Kier molecular flexibility index (Phi) is 9.89. The highest BCUT2D eigenvalue weighted by Gasteiger charge is 2.27. The van der Waals surface area contributed by atoms with E-state index in [4.69, 9.17) is 9.47 Å². The van der Waals surface area contributed by atoms with Crippen LogP contribution in [0.4, 0.5) is 4.79 Å². The predicted octanol–water partition coefficient (Wildman–Crippen LogP) is 1.37. The van der Waals surface area contributed by atoms with Gasteiger partial charge >= 0.3 is 12.1 Å². The molecule has 8 heteroatoms. The molecule has 150 valence electrons. The van der Waals surface area contributed by atoms with Gasteiger partial charge < -0.3 is 25.2 Å². The van der Waals surface area contributed by atoms with Crippen LogP contribution in [0.15, 0.2) is 30.3 Å². The van der Waals surface area contributed by atoms with Gasteiger partial charge in [0.15, 0.2) is 0 Å². The third kappa shape index (κ3) is 8.54. The third-order valence-corrected chi connectivity index (χ3v) is 4.10. The first-order chi connectivity index (χ1) is 12.9. The molecular weight excluding hydrogens is 352 g/mol. The van der Waals surface area contributed by atoms with Gasteiger partial charge in [0, 0.05) is 6.54 Å². The van der Waals surface area contributed by atoms with Crippen molar-refractivity contribution in [3.63, 3.8) is 0 Å². The summed E-state index contributed by atoms with van der Waals surface area (Å²) < 4.78 is 9.71. The molecule has 0 spiro atoms. The van der Waals surface area contributed by atoms with Crippen LogP contribution in [0.2, 0.25) is 0 Å². The summed E-state index contributed by atoms with van der Waals surface area (Å²) in [6.07, 6.45) is -1.38. The molecule has 1 aromatic carbocycles. The summed E-state index contributed by atoms with van der Waals surface area (Å²) in [5, 5.41) is 14.9. The van der Waals surface area contributed by atoms with E-state index in [2.05, 4.69) is 10.6 Å². The average molecular weight is 380 g/mol. The highest BCUT2D eigenvalue weighted by Crippen LogP contribution is 2.09. The zero-order chi connectivity index (χ0) is 20.2. The van der Waals surface area contributed by atoms with Gasteiger partial charge in [-0.1, -0.05) is 50.6 Å². The molecule has 0 aliphatic carbocycles. The van der Waals surface area contributed by atoms with E-state index in [1.54, 1.807) is 0 Å². The average Bonchev–Trinajstić information content (AvgIpc) is 2.68. The molecule has 2 amide bonds. The lowest BCUT2D eigenvalue weighted by Crippen LogP contribution is -2.47. The van der Waals surface area contributed by atoms with Crippen molar-refractivity contribution in [1.29, 1.82) is 0 Å². The Morgan fingerprint density at radius 2 is 1.85 bits per heavy atom. The monoisotopic (exact) mass is 380 g/mol. The van der Waals surface area contributed by atoms with E-state index in [1.807, 2.05) is 44.2 Å². The van der Waals surface area contributed by atoms with E-state index in [0.717, 1.165) is 5.56 Å². The molecule has 0 aliphatic heterocycles. The number of carbonyl (C=O) groups excluding carboxylic acids is 3. The molecular formula is C19H28N2O6. The van der Waals surface area contributed by atoms with Crippen LogP contribution in [-0.4, -0.2) is 48.9 Å². The lowest BCUT2D eigenvalue weighted by atomic mass is 9.99. The fraction of sp³-hybridized carbons (Fsp3) is 0.526. The van der Waals surface area contributed by atoms with Crippen molar-refractivity contribution in [2.45, 2.75) is 45.4 Å². The summed E-state index contributed by atoms with van der Waals surface area (Å²) in [6.45, 7) is 3.68. The SMILES string of the molecule is CC[C@@H](C)[C@@H](NC(=O)C[C@H](O)CNC(=O)OCc1ccccc1)C(=O)OC. The van der Waals surface area contributed by atoms with Crippen LogP contribution in [0, 0.1) is 5.92 Å². The summed E-state index contributed by atoms with van der Waals surface area (Å²) in [6, 6.07) is 8.39. The van der Waals surface area contributed by atoms with Gasteiger partial charge in [0.05, 0.1) is 19.6 Å². The summed E-state index contributed by atoms with van der Waals surface area (Å²) in [4.78, 5) is 35.4. The van der Waals surface area contributed by atoms with Crippen molar-refractivity contribution in [2.75, 3.05) is 13.7 Å². The first-order valence-corrected chi connectivity index (χ1v) is 8.87. The summed E-state index contributed by atoms with van der Waals surface area (Å²) >= 11 is 0. The van der Waals surface area contributed by atoms with Crippen molar-refractivity contribution in [3.8, 4) is 0 Å². The molecule has 0 bridgehead atoms. The van der Waals surface area contributed by atoms with Gasteiger partial charge in [-0.15, -0.1) is 0 Å². The first-order valence-electron chi connectivity index (χ1n) is 8.87. The highest BCUT2D eigenvalue weighted by atomic mass is 16.5. The lowest BCUT2D eigenvalue weighted by Gasteiger charge is -2.22. The van der Waals surface area contributed by atoms with Gasteiger partial charge in [0.1, 0.15) is 12.6 Å². The van der Waals surface area contributed by atoms with Crippen LogP contribution in [-0.2, 0) is 25.7 Å². The minimum atomic E-state index is -1.11. The molecule has 0 fully saturated rings. The number of esters is 1. The van der Waals surface area contributed by atoms with Crippen molar-refractivity contribution < 1.29 is 29.0 Å². The molecule has 0 saturated carbocycles. The number of benzene rings is 1. The fourth-order valence-corrected chi connectivity index (χ4v) is 2.29. The van der Waals surface area contributed by atoms with Crippen LogP contribution in [0.1, 0.15) is 32.3 Å². The number of amides is 2. The predicted molar refractivity (Wildman–Crippen MR) is 98.7 cm³/mol. The number of ether oxygens (including phenoxy) is 2. The molecule has 8 nitrogen and oxygen atoms in total. The Morgan fingerprint density at radius 1 is 1.19 bits per heavy atom. The maximum absolute atomic E-state index is 12.0. The van der Waals surface area contributed by atoms with Gasteiger partial charge in [0.2, 0.25) is 5.91 Å². The smallest absolute Gasteiger partial charge is 0.407 e. The van der Waals surface area contributed by atoms with E-state index in [1.165, 1.54) is 7.11 Å². The lowest BCUT2D eigenvalue weighted by molar-refractivity contribution is -0.146. The number of methoxy groups -OCH3 is 1. The zero-order valence-electron chi connectivity index (χ0n) is 15.9. The van der Waals surface area contributed by atoms with Crippen LogP contribution < -0.4 is 10.6 Å². The highest BCUT2D eigenvalue weighted by molar-refractivity contribution is 5.84. The van der Waals surface area contributed by atoms with Crippen molar-refractivity contribution in [1.82, 2.24) is 10.6 Å². The second-order valence-electron chi connectivity index (χ2n) is 6.25. The molecule has 3 N–H and O–H groups in total. The number of carbonyl (C=O) groups is 3. The summed E-state index contributed by atoms with van der Waals surface area (Å²) in [5.74, 6) is -1.14. The Bertz CT molecular complexity index is 607. The van der Waals surface area contributed by atoms with E-state index in [9.17, 15) is 19.5 Å². The Hall–Kier alpha value is -2.61. The molecule has 1 aromatic rings. The zero-order valence-corrected chi connectivity index (χ0v) is 15.9. The second-order valence-corrected chi connectivity index (χ2v) is 6.25. The molecule has 3 atom stereocenters. The Balaban J connectivity index is 2.35. The number of rotatable bonds is 10. The minimum Gasteiger partial charge on any atom is -0.467 e. The van der Waals surface area contributed by atoms with E-state index < -0.39 is 30.1 Å². The van der Waals surface area contributed by atoms with Gasteiger partial charge in [-0.05, 0) is 11.5 Å². The minimum absolute atomic E-state index is 0.107. The molecule has 27 heavy (non-hydrogen) atoms. The second kappa shape index (κ2) is 11.9. The number of aliphatic hydroxyl groups is 1. The maximum atomic E-state index is 12.0. The first kappa shape index (κ1) is 22.4. The topological polar surface area (TPSA) is 114 Å². The number of nitrogens with one attached hydrogen (secondary N) is 2. The van der Waals surface area contributed by atoms with E-state index in [-0.39, 0.29) is 25.5 Å². The maximum Gasteiger partial charge on any atom is 0.407 e. The molecule has 0 aliphatic rings. The van der Waals surface area contributed by atoms with Crippen molar-refractivity contribution in [2.24, 2.45) is 5.92 Å². The van der Waals surface area contributed by atoms with Gasteiger partial charge in [0.25, 0.3) is 0 Å². The van der Waals surface area contributed by atoms with Gasteiger partial charge in [-0.25, -0.2) is 9.59 Å². The molecule has 0 aromatic heterocycles.